The molecule has 0 bridgehead atoms. The van der Waals surface area contributed by atoms with E-state index >= 15 is 0 Å². The Kier molecular flexibility index (Phi) is 6.16. The fourth-order valence-corrected chi connectivity index (χ4v) is 4.66. The number of ether oxygens (including phenoxy) is 2. The third-order valence-corrected chi connectivity index (χ3v) is 6.42. The third kappa shape index (κ3) is 4.64. The van der Waals surface area contributed by atoms with Crippen molar-refractivity contribution in [3.63, 3.8) is 0 Å². The van der Waals surface area contributed by atoms with E-state index < -0.39 is 0 Å². The Morgan fingerprint density at radius 1 is 1.14 bits per heavy atom. The molecule has 3 fully saturated rings. The van der Waals surface area contributed by atoms with Gasteiger partial charge in [0.05, 0.1) is 31.0 Å². The Morgan fingerprint density at radius 3 is 2.46 bits per heavy atom. The van der Waals surface area contributed by atoms with E-state index in [-0.39, 0.29) is 17.8 Å². The first-order valence-electron chi connectivity index (χ1n) is 10.7. The third-order valence-electron chi connectivity index (χ3n) is 6.42. The maximum atomic E-state index is 10.4. The highest BCUT2D eigenvalue weighted by atomic mass is 16.5. The van der Waals surface area contributed by atoms with E-state index in [1.54, 1.807) is 0 Å². The second kappa shape index (κ2) is 8.61. The highest BCUT2D eigenvalue weighted by Gasteiger charge is 2.43. The molecule has 4 heterocycles. The van der Waals surface area contributed by atoms with Crippen LogP contribution in [-0.4, -0.2) is 77.2 Å². The van der Waals surface area contributed by atoms with Crippen LogP contribution in [0.1, 0.15) is 45.1 Å². The Balaban J connectivity index is 1.30. The van der Waals surface area contributed by atoms with Gasteiger partial charge in [0.2, 0.25) is 5.95 Å². The van der Waals surface area contributed by atoms with E-state index in [9.17, 15) is 5.11 Å². The summed E-state index contributed by atoms with van der Waals surface area (Å²) in [7, 11) is 0. The molecule has 0 amide bonds. The van der Waals surface area contributed by atoms with Crippen LogP contribution in [0.25, 0.3) is 0 Å². The zero-order chi connectivity index (χ0) is 19.6. The minimum atomic E-state index is -0.228. The maximum absolute atomic E-state index is 10.4. The summed E-state index contributed by atoms with van der Waals surface area (Å²) in [4.78, 5) is 13.8. The summed E-state index contributed by atoms with van der Waals surface area (Å²) < 4.78 is 11.9. The van der Waals surface area contributed by atoms with Crippen LogP contribution in [-0.2, 0) is 16.0 Å². The molecule has 156 valence electrons. The second-order valence-electron chi connectivity index (χ2n) is 8.94. The van der Waals surface area contributed by atoms with Crippen molar-refractivity contribution in [2.75, 3.05) is 44.3 Å². The molecule has 3 saturated heterocycles. The van der Waals surface area contributed by atoms with Gasteiger partial charge in [-0.2, -0.15) is 0 Å². The number of rotatable bonds is 4. The average molecular weight is 391 g/mol. The van der Waals surface area contributed by atoms with Gasteiger partial charge in [-0.25, -0.2) is 9.97 Å². The molecular weight excluding hydrogens is 356 g/mol. The number of likely N-dealkylation sites (tertiary alicyclic amines) is 1. The van der Waals surface area contributed by atoms with Crippen molar-refractivity contribution in [2.24, 2.45) is 5.92 Å². The highest BCUT2D eigenvalue weighted by molar-refractivity contribution is 5.30. The van der Waals surface area contributed by atoms with E-state index in [2.05, 4.69) is 33.6 Å². The predicted molar refractivity (Wildman–Crippen MR) is 107 cm³/mol. The Hall–Kier alpha value is -1.28. The molecule has 7 heteroatoms. The first kappa shape index (κ1) is 20.0. The van der Waals surface area contributed by atoms with Crippen LogP contribution < -0.4 is 4.90 Å². The molecule has 4 rings (SSSR count). The molecule has 0 unspecified atom stereocenters. The lowest BCUT2D eigenvalue weighted by Crippen LogP contribution is -2.53. The zero-order valence-corrected chi connectivity index (χ0v) is 17.2. The summed E-state index contributed by atoms with van der Waals surface area (Å²) in [5, 5.41) is 10.4. The molecule has 1 N–H and O–H groups in total. The molecule has 0 saturated carbocycles. The molecule has 3 aliphatic rings. The average Bonchev–Trinajstić information content (AvgIpc) is 2.71. The lowest BCUT2D eigenvalue weighted by molar-refractivity contribution is -0.193. The first-order valence-corrected chi connectivity index (χ1v) is 10.7. The lowest BCUT2D eigenvalue weighted by Gasteiger charge is -2.48. The van der Waals surface area contributed by atoms with Gasteiger partial charge in [0.1, 0.15) is 0 Å². The van der Waals surface area contributed by atoms with E-state index in [4.69, 9.17) is 9.47 Å². The van der Waals surface area contributed by atoms with Gasteiger partial charge < -0.3 is 19.5 Å². The van der Waals surface area contributed by atoms with Gasteiger partial charge in [0.25, 0.3) is 0 Å². The molecule has 0 aromatic carbocycles. The van der Waals surface area contributed by atoms with Gasteiger partial charge in [-0.1, -0.05) is 13.8 Å². The minimum absolute atomic E-state index is 0.139. The van der Waals surface area contributed by atoms with Crippen LogP contribution in [0.5, 0.6) is 0 Å². The number of aliphatic hydroxyl groups excluding tert-OH is 1. The van der Waals surface area contributed by atoms with Crippen LogP contribution in [0.3, 0.4) is 0 Å². The van der Waals surface area contributed by atoms with E-state index in [0.29, 0.717) is 5.92 Å². The van der Waals surface area contributed by atoms with Crippen LogP contribution in [0.4, 0.5) is 5.95 Å². The van der Waals surface area contributed by atoms with Crippen LogP contribution in [0.2, 0.25) is 0 Å². The number of nitrogens with zero attached hydrogens (tertiary/aromatic N) is 4. The van der Waals surface area contributed by atoms with E-state index in [1.807, 2.05) is 12.4 Å². The van der Waals surface area contributed by atoms with Gasteiger partial charge >= 0.3 is 0 Å². The monoisotopic (exact) mass is 390 g/mol. The fourth-order valence-electron chi connectivity index (χ4n) is 4.66. The van der Waals surface area contributed by atoms with E-state index in [1.165, 1.54) is 0 Å². The molecule has 7 nitrogen and oxygen atoms in total. The quantitative estimate of drug-likeness (QED) is 0.841. The summed E-state index contributed by atoms with van der Waals surface area (Å²) in [6.07, 6.45) is 7.39. The molecular formula is C21H34N4O3. The van der Waals surface area contributed by atoms with Gasteiger partial charge in [-0.3, -0.25) is 4.90 Å². The number of anilines is 1. The second-order valence-corrected chi connectivity index (χ2v) is 8.94. The minimum Gasteiger partial charge on any atom is -0.393 e. The van der Waals surface area contributed by atoms with Gasteiger partial charge in [-0.15, -0.1) is 0 Å². The van der Waals surface area contributed by atoms with Crippen LogP contribution in [0.15, 0.2) is 12.4 Å². The van der Waals surface area contributed by atoms with Gasteiger partial charge in [0, 0.05) is 57.1 Å². The van der Waals surface area contributed by atoms with Crippen molar-refractivity contribution in [1.29, 1.82) is 0 Å². The van der Waals surface area contributed by atoms with Crippen molar-refractivity contribution in [1.82, 2.24) is 14.9 Å². The zero-order valence-electron chi connectivity index (χ0n) is 17.2. The number of aliphatic hydroxyl groups is 1. The van der Waals surface area contributed by atoms with Crippen molar-refractivity contribution < 1.29 is 14.6 Å². The Bertz CT molecular complexity index is 625. The highest BCUT2D eigenvalue weighted by Crippen LogP contribution is 2.39. The molecule has 3 aliphatic heterocycles. The summed E-state index contributed by atoms with van der Waals surface area (Å²) in [5.74, 6) is 1.25. The molecule has 1 aromatic heterocycles. The smallest absolute Gasteiger partial charge is 0.225 e. The number of aromatic nitrogens is 2. The summed E-state index contributed by atoms with van der Waals surface area (Å²) in [6, 6.07) is 0. The van der Waals surface area contributed by atoms with Gasteiger partial charge in [-0.05, 0) is 25.2 Å². The topological polar surface area (TPSA) is 71.0 Å². The van der Waals surface area contributed by atoms with E-state index in [0.717, 1.165) is 83.1 Å². The van der Waals surface area contributed by atoms with Crippen LogP contribution >= 0.6 is 0 Å². The number of hydrogen-bond acceptors (Lipinski definition) is 7. The molecule has 28 heavy (non-hydrogen) atoms. The molecule has 1 aromatic rings. The molecule has 1 spiro atoms. The van der Waals surface area contributed by atoms with Crippen molar-refractivity contribution in [2.45, 2.75) is 63.9 Å². The largest absolute Gasteiger partial charge is 0.393 e. The summed E-state index contributed by atoms with van der Waals surface area (Å²) in [6.45, 7) is 10.4. The van der Waals surface area contributed by atoms with Gasteiger partial charge in [0.15, 0.2) is 0 Å². The molecule has 0 radical (unpaired) electrons. The molecule has 2 atom stereocenters. The van der Waals surface area contributed by atoms with Crippen molar-refractivity contribution in [3.05, 3.63) is 18.0 Å². The fraction of sp³-hybridized carbons (Fsp3) is 0.810. The lowest BCUT2D eigenvalue weighted by atomic mass is 9.80. The number of morpholine rings is 1. The van der Waals surface area contributed by atoms with Crippen LogP contribution in [0, 0.1) is 5.92 Å². The standard InChI is InChI=1S/C21H34N4O3/c1-16(2)19-11-18(26)12-21(28-19)3-5-24(6-4-21)15-17-13-22-20(23-14-17)25-7-9-27-10-8-25/h13-14,16,18-19,26H,3-12,15H2,1-2H3/t18-,19-/m1/s1. The summed E-state index contributed by atoms with van der Waals surface area (Å²) >= 11 is 0. The van der Waals surface area contributed by atoms with Crippen molar-refractivity contribution in [3.8, 4) is 0 Å². The maximum Gasteiger partial charge on any atom is 0.225 e. The number of hydrogen-bond donors (Lipinski definition) is 1. The first-order chi connectivity index (χ1) is 13.5. The number of piperidine rings is 1. The Labute approximate surface area is 168 Å². The normalized spacial score (nSPS) is 28.8. The summed E-state index contributed by atoms with van der Waals surface area (Å²) in [5.41, 5.74) is 1.01. The Morgan fingerprint density at radius 2 is 1.82 bits per heavy atom. The molecule has 0 aliphatic carbocycles. The van der Waals surface area contributed by atoms with Crippen molar-refractivity contribution >= 4 is 5.95 Å². The SMILES string of the molecule is CC(C)[C@H]1C[C@@H](O)CC2(CCN(Cc3cnc(N4CCOCC4)nc3)CC2)O1. The predicted octanol–water partition coefficient (Wildman–Crippen LogP) is 1.84.